The summed E-state index contributed by atoms with van der Waals surface area (Å²) in [6, 6.07) is 6.41. The van der Waals surface area contributed by atoms with E-state index in [0.29, 0.717) is 16.9 Å². The molecular formula is C14H18N4O2. The molecule has 0 aliphatic heterocycles. The van der Waals surface area contributed by atoms with E-state index in [0.717, 1.165) is 5.39 Å². The topological polar surface area (TPSA) is 114 Å². The van der Waals surface area contributed by atoms with E-state index in [1.165, 1.54) is 0 Å². The third kappa shape index (κ3) is 2.59. The number of rotatable bonds is 4. The molecule has 0 spiro atoms. The highest BCUT2D eigenvalue weighted by Gasteiger charge is 2.23. The molecule has 2 amide bonds. The predicted molar refractivity (Wildman–Crippen MR) is 78.0 cm³/mol. The van der Waals surface area contributed by atoms with Gasteiger partial charge in [-0.1, -0.05) is 26.0 Å². The maximum atomic E-state index is 12.2. The van der Waals surface area contributed by atoms with Crippen LogP contribution in [0.2, 0.25) is 0 Å². The van der Waals surface area contributed by atoms with Crippen LogP contribution in [0.4, 0.5) is 5.69 Å². The highest BCUT2D eigenvalue weighted by Crippen LogP contribution is 2.21. The van der Waals surface area contributed by atoms with Gasteiger partial charge in [-0.2, -0.15) is 0 Å². The summed E-state index contributed by atoms with van der Waals surface area (Å²) < 4.78 is 0. The highest BCUT2D eigenvalue weighted by molar-refractivity contribution is 6.02. The van der Waals surface area contributed by atoms with Crippen molar-refractivity contribution in [2.75, 3.05) is 5.73 Å². The molecule has 0 fully saturated rings. The van der Waals surface area contributed by atoms with Gasteiger partial charge in [0.2, 0.25) is 5.91 Å². The molecule has 0 saturated heterocycles. The van der Waals surface area contributed by atoms with Crippen LogP contribution in [0, 0.1) is 5.92 Å². The minimum atomic E-state index is -0.703. The van der Waals surface area contributed by atoms with Crippen molar-refractivity contribution < 1.29 is 9.59 Å². The summed E-state index contributed by atoms with van der Waals surface area (Å²) in [6.45, 7) is 3.64. The number of primary amides is 1. The molecule has 2 aromatic rings. The fourth-order valence-corrected chi connectivity index (χ4v) is 2.09. The van der Waals surface area contributed by atoms with Crippen LogP contribution in [0.15, 0.2) is 24.3 Å². The van der Waals surface area contributed by atoms with Gasteiger partial charge in [-0.05, 0) is 18.1 Å². The standard InChI is InChI=1S/C14H18N4O2/c1-7(2)11(13(16)19)18-14(20)10-6-8-4-3-5-9(15)12(8)17-10/h3-7,11,17H,15H2,1-2H3,(H2,16,19)(H,18,20). The number of hydrogen-bond acceptors (Lipinski definition) is 3. The molecule has 1 heterocycles. The van der Waals surface area contributed by atoms with Crippen LogP contribution < -0.4 is 16.8 Å². The summed E-state index contributed by atoms with van der Waals surface area (Å²) >= 11 is 0. The molecule has 0 aliphatic rings. The first-order valence-electron chi connectivity index (χ1n) is 6.37. The summed E-state index contributed by atoms with van der Waals surface area (Å²) in [5.41, 5.74) is 12.7. The van der Waals surface area contributed by atoms with Crippen LogP contribution in [0.1, 0.15) is 24.3 Å². The van der Waals surface area contributed by atoms with Gasteiger partial charge in [0, 0.05) is 5.39 Å². The number of carbonyl (C=O) groups excluding carboxylic acids is 2. The summed E-state index contributed by atoms with van der Waals surface area (Å²) in [7, 11) is 0. The van der Waals surface area contributed by atoms with Crippen LogP contribution in [-0.4, -0.2) is 22.8 Å². The van der Waals surface area contributed by atoms with E-state index in [1.54, 1.807) is 12.1 Å². The van der Waals surface area contributed by atoms with Crippen LogP contribution in [-0.2, 0) is 4.79 Å². The number of nitrogen functional groups attached to an aromatic ring is 1. The number of aromatic amines is 1. The summed E-state index contributed by atoms with van der Waals surface area (Å²) in [5, 5.41) is 3.47. The summed E-state index contributed by atoms with van der Waals surface area (Å²) in [4.78, 5) is 26.4. The zero-order chi connectivity index (χ0) is 14.9. The molecule has 1 aromatic heterocycles. The van der Waals surface area contributed by atoms with Gasteiger partial charge < -0.3 is 21.8 Å². The molecule has 106 valence electrons. The van der Waals surface area contributed by atoms with E-state index in [2.05, 4.69) is 10.3 Å². The van der Waals surface area contributed by atoms with Crippen LogP contribution in [0.25, 0.3) is 10.9 Å². The normalized spacial score (nSPS) is 12.6. The van der Waals surface area contributed by atoms with Gasteiger partial charge in [0.15, 0.2) is 0 Å². The highest BCUT2D eigenvalue weighted by atomic mass is 16.2. The van der Waals surface area contributed by atoms with E-state index < -0.39 is 11.9 Å². The number of para-hydroxylation sites is 1. The number of amides is 2. The molecule has 2 rings (SSSR count). The zero-order valence-electron chi connectivity index (χ0n) is 11.4. The molecule has 1 atom stereocenters. The number of nitrogens with two attached hydrogens (primary N) is 2. The zero-order valence-corrected chi connectivity index (χ0v) is 11.4. The van der Waals surface area contributed by atoms with Gasteiger partial charge >= 0.3 is 0 Å². The smallest absolute Gasteiger partial charge is 0.268 e. The van der Waals surface area contributed by atoms with Crippen molar-refractivity contribution in [3.05, 3.63) is 30.0 Å². The van der Waals surface area contributed by atoms with Gasteiger partial charge in [0.1, 0.15) is 11.7 Å². The van der Waals surface area contributed by atoms with E-state index in [9.17, 15) is 9.59 Å². The lowest BCUT2D eigenvalue weighted by molar-refractivity contribution is -0.120. The number of nitrogens with one attached hydrogen (secondary N) is 2. The molecule has 6 N–H and O–H groups in total. The van der Waals surface area contributed by atoms with Crippen LogP contribution >= 0.6 is 0 Å². The fourth-order valence-electron chi connectivity index (χ4n) is 2.09. The van der Waals surface area contributed by atoms with Gasteiger partial charge in [-0.3, -0.25) is 9.59 Å². The monoisotopic (exact) mass is 274 g/mol. The molecular weight excluding hydrogens is 256 g/mol. The maximum Gasteiger partial charge on any atom is 0.268 e. The number of fused-ring (bicyclic) bond motifs is 1. The number of aromatic nitrogens is 1. The predicted octanol–water partition coefficient (Wildman–Crippen LogP) is 0.990. The molecule has 0 bridgehead atoms. The lowest BCUT2D eigenvalue weighted by Crippen LogP contribution is -2.47. The third-order valence-corrected chi connectivity index (χ3v) is 3.19. The Balaban J connectivity index is 2.27. The average Bonchev–Trinajstić information content (AvgIpc) is 2.80. The number of hydrogen-bond donors (Lipinski definition) is 4. The maximum absolute atomic E-state index is 12.2. The molecule has 1 aromatic carbocycles. The molecule has 20 heavy (non-hydrogen) atoms. The molecule has 6 nitrogen and oxygen atoms in total. The minimum absolute atomic E-state index is 0.0779. The Kier molecular flexibility index (Phi) is 3.65. The lowest BCUT2D eigenvalue weighted by atomic mass is 10.0. The van der Waals surface area contributed by atoms with E-state index in [-0.39, 0.29) is 11.8 Å². The van der Waals surface area contributed by atoms with E-state index in [1.807, 2.05) is 26.0 Å². The van der Waals surface area contributed by atoms with E-state index in [4.69, 9.17) is 11.5 Å². The Labute approximate surface area is 116 Å². The van der Waals surface area contributed by atoms with Crippen molar-refractivity contribution in [1.82, 2.24) is 10.3 Å². The molecule has 1 unspecified atom stereocenters. The first-order valence-corrected chi connectivity index (χ1v) is 6.37. The number of benzene rings is 1. The Hall–Kier alpha value is -2.50. The lowest BCUT2D eigenvalue weighted by Gasteiger charge is -2.18. The fraction of sp³-hybridized carbons (Fsp3) is 0.286. The van der Waals surface area contributed by atoms with Gasteiger partial charge in [0.05, 0.1) is 11.2 Å². The summed E-state index contributed by atoms with van der Waals surface area (Å²) in [6.07, 6.45) is 0. The largest absolute Gasteiger partial charge is 0.397 e. The van der Waals surface area contributed by atoms with Crippen molar-refractivity contribution in [3.8, 4) is 0 Å². The minimum Gasteiger partial charge on any atom is -0.397 e. The second kappa shape index (κ2) is 5.24. The second-order valence-electron chi connectivity index (χ2n) is 5.09. The van der Waals surface area contributed by atoms with E-state index >= 15 is 0 Å². The number of anilines is 1. The molecule has 0 saturated carbocycles. The SMILES string of the molecule is CC(C)C(NC(=O)c1cc2cccc(N)c2[nH]1)C(N)=O. The average molecular weight is 274 g/mol. The summed E-state index contributed by atoms with van der Waals surface area (Å²) in [5.74, 6) is -1.01. The Bertz CT molecular complexity index is 660. The second-order valence-corrected chi connectivity index (χ2v) is 5.09. The van der Waals surface area contributed by atoms with Crippen molar-refractivity contribution in [2.45, 2.75) is 19.9 Å². The van der Waals surface area contributed by atoms with Crippen molar-refractivity contribution >= 4 is 28.4 Å². The van der Waals surface area contributed by atoms with Crippen LogP contribution in [0.5, 0.6) is 0 Å². The third-order valence-electron chi connectivity index (χ3n) is 3.19. The number of H-pyrrole nitrogens is 1. The van der Waals surface area contributed by atoms with Gasteiger partial charge in [0.25, 0.3) is 5.91 Å². The van der Waals surface area contributed by atoms with Gasteiger partial charge in [-0.15, -0.1) is 0 Å². The molecule has 0 aliphatic carbocycles. The first kappa shape index (κ1) is 13.9. The number of carbonyl (C=O) groups is 2. The van der Waals surface area contributed by atoms with Crippen molar-refractivity contribution in [3.63, 3.8) is 0 Å². The van der Waals surface area contributed by atoms with Crippen molar-refractivity contribution in [2.24, 2.45) is 11.7 Å². The van der Waals surface area contributed by atoms with Gasteiger partial charge in [-0.25, -0.2) is 0 Å². The Morgan fingerprint density at radius 1 is 1.30 bits per heavy atom. The van der Waals surface area contributed by atoms with Crippen LogP contribution in [0.3, 0.4) is 0 Å². The quantitative estimate of drug-likeness (QED) is 0.623. The van der Waals surface area contributed by atoms with Crippen molar-refractivity contribution in [1.29, 1.82) is 0 Å². The molecule has 0 radical (unpaired) electrons. The first-order chi connectivity index (χ1) is 9.40. The Morgan fingerprint density at radius 3 is 2.55 bits per heavy atom. The Morgan fingerprint density at radius 2 is 2.00 bits per heavy atom. The molecule has 6 heteroatoms.